The Labute approximate surface area is 120 Å². The predicted octanol–water partition coefficient (Wildman–Crippen LogP) is 2.57. The number of nitrogens with one attached hydrogen (secondary N) is 1. The molecule has 0 aliphatic carbocycles. The van der Waals surface area contributed by atoms with Crippen molar-refractivity contribution in [3.63, 3.8) is 0 Å². The summed E-state index contributed by atoms with van der Waals surface area (Å²) in [6.07, 6.45) is 7.40. The third kappa shape index (κ3) is 3.45. The summed E-state index contributed by atoms with van der Waals surface area (Å²) < 4.78 is 0. The molecule has 2 aromatic heterocycles. The average molecular weight is 270 g/mol. The molecule has 1 aliphatic rings. The highest BCUT2D eigenvalue weighted by molar-refractivity contribution is 5.10. The zero-order chi connectivity index (χ0) is 13.8. The Morgan fingerprint density at radius 3 is 3.15 bits per heavy atom. The van der Waals surface area contributed by atoms with E-state index in [2.05, 4.69) is 45.0 Å². The van der Waals surface area contributed by atoms with E-state index in [9.17, 15) is 0 Å². The second-order valence-electron chi connectivity index (χ2n) is 5.75. The molecule has 1 fully saturated rings. The van der Waals surface area contributed by atoms with E-state index in [1.54, 1.807) is 0 Å². The molecule has 1 atom stereocenters. The van der Waals surface area contributed by atoms with E-state index in [-0.39, 0.29) is 0 Å². The van der Waals surface area contributed by atoms with Gasteiger partial charge in [-0.1, -0.05) is 6.07 Å². The van der Waals surface area contributed by atoms with Gasteiger partial charge in [-0.15, -0.1) is 0 Å². The SMILES string of the molecule is Cc1cccc(C[C@@H]2CCCN(Cc3ncc[nH]3)C2)n1. The van der Waals surface area contributed by atoms with E-state index in [0.29, 0.717) is 5.92 Å². The molecule has 0 amide bonds. The predicted molar refractivity (Wildman–Crippen MR) is 79.3 cm³/mol. The Kier molecular flexibility index (Phi) is 4.11. The van der Waals surface area contributed by atoms with Gasteiger partial charge in [-0.2, -0.15) is 0 Å². The lowest BCUT2D eigenvalue weighted by Gasteiger charge is -2.32. The third-order valence-corrected chi connectivity index (χ3v) is 3.98. The number of piperidine rings is 1. The molecular weight excluding hydrogens is 248 g/mol. The molecule has 0 aromatic carbocycles. The van der Waals surface area contributed by atoms with Crippen LogP contribution in [0.3, 0.4) is 0 Å². The summed E-state index contributed by atoms with van der Waals surface area (Å²) in [4.78, 5) is 14.6. The van der Waals surface area contributed by atoms with Gasteiger partial charge in [0.15, 0.2) is 0 Å². The van der Waals surface area contributed by atoms with Crippen LogP contribution >= 0.6 is 0 Å². The van der Waals surface area contributed by atoms with Crippen LogP contribution in [0, 0.1) is 12.8 Å². The maximum absolute atomic E-state index is 4.63. The van der Waals surface area contributed by atoms with Crippen molar-refractivity contribution in [3.05, 3.63) is 47.8 Å². The van der Waals surface area contributed by atoms with E-state index in [1.807, 2.05) is 12.4 Å². The molecule has 3 heterocycles. The standard InChI is InChI=1S/C16H22N4/c1-13-4-2-6-15(19-13)10-14-5-3-9-20(11-14)12-16-17-7-8-18-16/h2,4,6-8,14H,3,5,9-12H2,1H3,(H,17,18)/t14-/m0/s1. The van der Waals surface area contributed by atoms with Crippen molar-refractivity contribution in [2.24, 2.45) is 5.92 Å². The van der Waals surface area contributed by atoms with Gasteiger partial charge in [-0.05, 0) is 50.8 Å². The number of hydrogen-bond donors (Lipinski definition) is 1. The minimum Gasteiger partial charge on any atom is -0.348 e. The van der Waals surface area contributed by atoms with Gasteiger partial charge in [-0.3, -0.25) is 9.88 Å². The molecule has 106 valence electrons. The van der Waals surface area contributed by atoms with Crippen molar-refractivity contribution in [1.29, 1.82) is 0 Å². The lowest BCUT2D eigenvalue weighted by molar-refractivity contribution is 0.163. The van der Waals surface area contributed by atoms with Gasteiger partial charge in [0.25, 0.3) is 0 Å². The Morgan fingerprint density at radius 1 is 1.40 bits per heavy atom. The smallest absolute Gasteiger partial charge is 0.120 e. The summed E-state index contributed by atoms with van der Waals surface area (Å²) in [6.45, 7) is 5.33. The lowest BCUT2D eigenvalue weighted by atomic mass is 9.93. The Balaban J connectivity index is 1.57. The van der Waals surface area contributed by atoms with Gasteiger partial charge < -0.3 is 4.98 Å². The molecular formula is C16H22N4. The number of aryl methyl sites for hydroxylation is 1. The molecule has 0 saturated carbocycles. The summed E-state index contributed by atoms with van der Waals surface area (Å²) >= 11 is 0. The minimum absolute atomic E-state index is 0.716. The first-order valence-corrected chi connectivity index (χ1v) is 7.43. The fraction of sp³-hybridized carbons (Fsp3) is 0.500. The molecule has 0 bridgehead atoms. The van der Waals surface area contributed by atoms with Crippen molar-refractivity contribution in [2.75, 3.05) is 13.1 Å². The van der Waals surface area contributed by atoms with E-state index in [0.717, 1.165) is 31.0 Å². The van der Waals surface area contributed by atoms with E-state index >= 15 is 0 Å². The fourth-order valence-corrected chi connectivity index (χ4v) is 3.07. The maximum Gasteiger partial charge on any atom is 0.120 e. The van der Waals surface area contributed by atoms with Gasteiger partial charge in [-0.25, -0.2) is 4.98 Å². The third-order valence-electron chi connectivity index (χ3n) is 3.98. The van der Waals surface area contributed by atoms with Crippen LogP contribution in [0.5, 0.6) is 0 Å². The molecule has 3 rings (SSSR count). The number of aromatic amines is 1. The molecule has 4 nitrogen and oxygen atoms in total. The molecule has 0 unspecified atom stereocenters. The second-order valence-corrected chi connectivity index (χ2v) is 5.75. The lowest BCUT2D eigenvalue weighted by Crippen LogP contribution is -2.36. The summed E-state index contributed by atoms with van der Waals surface area (Å²) in [5.74, 6) is 1.78. The van der Waals surface area contributed by atoms with Crippen molar-refractivity contribution in [1.82, 2.24) is 19.9 Å². The molecule has 1 saturated heterocycles. The first kappa shape index (κ1) is 13.3. The first-order chi connectivity index (χ1) is 9.79. The van der Waals surface area contributed by atoms with Gasteiger partial charge in [0.2, 0.25) is 0 Å². The van der Waals surface area contributed by atoms with Gasteiger partial charge in [0.1, 0.15) is 5.82 Å². The average Bonchev–Trinajstić information content (AvgIpc) is 2.92. The number of hydrogen-bond acceptors (Lipinski definition) is 3. The van der Waals surface area contributed by atoms with Crippen LogP contribution in [0.1, 0.15) is 30.1 Å². The van der Waals surface area contributed by atoms with Crippen LogP contribution in [0.15, 0.2) is 30.6 Å². The van der Waals surface area contributed by atoms with Gasteiger partial charge in [0.05, 0.1) is 6.54 Å². The summed E-state index contributed by atoms with van der Waals surface area (Å²) in [6, 6.07) is 6.33. The number of aromatic nitrogens is 3. The zero-order valence-electron chi connectivity index (χ0n) is 12.0. The molecule has 4 heteroatoms. The second kappa shape index (κ2) is 6.18. The van der Waals surface area contributed by atoms with Crippen LogP contribution in [0.2, 0.25) is 0 Å². The quantitative estimate of drug-likeness (QED) is 0.928. The molecule has 2 aromatic rings. The van der Waals surface area contributed by atoms with Crippen molar-refractivity contribution < 1.29 is 0 Å². The number of nitrogens with zero attached hydrogens (tertiary/aromatic N) is 3. The van der Waals surface area contributed by atoms with E-state index in [1.165, 1.54) is 25.1 Å². The largest absolute Gasteiger partial charge is 0.348 e. The number of imidazole rings is 1. The zero-order valence-corrected chi connectivity index (χ0v) is 12.0. The van der Waals surface area contributed by atoms with Crippen molar-refractivity contribution >= 4 is 0 Å². The van der Waals surface area contributed by atoms with Crippen molar-refractivity contribution in [3.8, 4) is 0 Å². The fourth-order valence-electron chi connectivity index (χ4n) is 3.07. The van der Waals surface area contributed by atoms with Crippen LogP contribution in [0.25, 0.3) is 0 Å². The highest BCUT2D eigenvalue weighted by Crippen LogP contribution is 2.21. The van der Waals surface area contributed by atoms with Crippen LogP contribution in [-0.4, -0.2) is 32.9 Å². The van der Waals surface area contributed by atoms with Crippen LogP contribution in [0.4, 0.5) is 0 Å². The number of rotatable bonds is 4. The molecule has 1 N–H and O–H groups in total. The van der Waals surface area contributed by atoms with E-state index in [4.69, 9.17) is 0 Å². The Hall–Kier alpha value is -1.68. The van der Waals surface area contributed by atoms with Crippen LogP contribution < -0.4 is 0 Å². The normalized spacial score (nSPS) is 20.1. The highest BCUT2D eigenvalue weighted by atomic mass is 15.2. The summed E-state index contributed by atoms with van der Waals surface area (Å²) in [5, 5.41) is 0. The number of likely N-dealkylation sites (tertiary alicyclic amines) is 1. The number of pyridine rings is 1. The molecule has 0 spiro atoms. The molecule has 20 heavy (non-hydrogen) atoms. The Bertz CT molecular complexity index is 535. The Morgan fingerprint density at radius 2 is 2.35 bits per heavy atom. The van der Waals surface area contributed by atoms with Gasteiger partial charge >= 0.3 is 0 Å². The number of H-pyrrole nitrogens is 1. The molecule has 0 radical (unpaired) electrons. The van der Waals surface area contributed by atoms with E-state index < -0.39 is 0 Å². The highest BCUT2D eigenvalue weighted by Gasteiger charge is 2.21. The first-order valence-electron chi connectivity index (χ1n) is 7.43. The minimum atomic E-state index is 0.716. The monoisotopic (exact) mass is 270 g/mol. The van der Waals surface area contributed by atoms with Crippen molar-refractivity contribution in [2.45, 2.75) is 32.7 Å². The maximum atomic E-state index is 4.63. The summed E-state index contributed by atoms with van der Waals surface area (Å²) in [7, 11) is 0. The van der Waals surface area contributed by atoms with Crippen LogP contribution in [-0.2, 0) is 13.0 Å². The van der Waals surface area contributed by atoms with Gasteiger partial charge in [0, 0.05) is 30.3 Å². The summed E-state index contributed by atoms with van der Waals surface area (Å²) in [5.41, 5.74) is 2.35. The topological polar surface area (TPSA) is 44.8 Å². The molecule has 1 aliphatic heterocycles.